The number of anilines is 1. The second-order valence-corrected chi connectivity index (χ2v) is 7.47. The molecule has 28 heavy (non-hydrogen) atoms. The highest BCUT2D eigenvalue weighted by Gasteiger charge is 2.47. The lowest BCUT2D eigenvalue weighted by atomic mass is 9.96. The van der Waals surface area contributed by atoms with Crippen LogP contribution in [0.25, 0.3) is 0 Å². The molecule has 1 aromatic heterocycles. The van der Waals surface area contributed by atoms with Gasteiger partial charge in [-0.1, -0.05) is 12.1 Å². The van der Waals surface area contributed by atoms with E-state index in [9.17, 15) is 18.0 Å². The van der Waals surface area contributed by atoms with E-state index < -0.39 is 17.5 Å². The molecule has 8 heteroatoms. The first-order valence-corrected chi connectivity index (χ1v) is 9.47. The number of rotatable bonds is 5. The molecule has 1 N–H and O–H groups in total. The predicted octanol–water partition coefficient (Wildman–Crippen LogP) is 3.35. The molecule has 1 aromatic carbocycles. The summed E-state index contributed by atoms with van der Waals surface area (Å²) in [6.07, 6.45) is 4.48. The van der Waals surface area contributed by atoms with Crippen LogP contribution in [0.4, 0.5) is 19.1 Å². The number of piperidine rings is 1. The number of carbonyl (C=O) groups excluding carboxylic acids is 1. The van der Waals surface area contributed by atoms with Crippen molar-refractivity contribution < 1.29 is 18.0 Å². The average Bonchev–Trinajstić information content (AvgIpc) is 3.50. The maximum absolute atomic E-state index is 13.9. The van der Waals surface area contributed by atoms with E-state index in [0.29, 0.717) is 43.5 Å². The number of hydrogen-bond acceptors (Lipinski definition) is 4. The molecule has 2 atom stereocenters. The minimum absolute atomic E-state index is 0.0296. The van der Waals surface area contributed by atoms with Crippen molar-refractivity contribution in [1.29, 1.82) is 0 Å². The first-order valence-electron chi connectivity index (χ1n) is 9.47. The van der Waals surface area contributed by atoms with E-state index in [2.05, 4.69) is 15.3 Å². The van der Waals surface area contributed by atoms with Crippen molar-refractivity contribution in [3.63, 3.8) is 0 Å². The van der Waals surface area contributed by atoms with Gasteiger partial charge in [0.25, 0.3) is 0 Å². The van der Waals surface area contributed by atoms with Gasteiger partial charge in [0.2, 0.25) is 11.9 Å². The smallest absolute Gasteiger partial charge is 0.226 e. The minimum atomic E-state index is -0.867. The number of nitrogens with zero attached hydrogens (tertiary/aromatic N) is 3. The van der Waals surface area contributed by atoms with Gasteiger partial charge in [-0.25, -0.2) is 23.1 Å². The van der Waals surface area contributed by atoms with Gasteiger partial charge in [-0.2, -0.15) is 0 Å². The lowest BCUT2D eigenvalue weighted by Crippen LogP contribution is -2.41. The number of amides is 1. The molecule has 148 valence electrons. The van der Waals surface area contributed by atoms with Crippen LogP contribution in [-0.2, 0) is 4.79 Å². The van der Waals surface area contributed by atoms with Crippen LogP contribution in [0, 0.1) is 29.3 Å². The number of likely N-dealkylation sites (tertiary alicyclic amines) is 1. The second kappa shape index (κ2) is 7.77. The summed E-state index contributed by atoms with van der Waals surface area (Å²) in [7, 11) is 0. The Balaban J connectivity index is 1.25. The maximum atomic E-state index is 13.9. The number of carbonyl (C=O) groups is 1. The van der Waals surface area contributed by atoms with Gasteiger partial charge in [0.15, 0.2) is 17.5 Å². The fourth-order valence-electron chi connectivity index (χ4n) is 3.85. The van der Waals surface area contributed by atoms with Gasteiger partial charge in [-0.3, -0.25) is 4.79 Å². The van der Waals surface area contributed by atoms with Crippen molar-refractivity contribution >= 4 is 11.9 Å². The van der Waals surface area contributed by atoms with Crippen LogP contribution in [0.2, 0.25) is 0 Å². The molecular weight excluding hydrogens is 369 g/mol. The van der Waals surface area contributed by atoms with Crippen molar-refractivity contribution in [3.05, 3.63) is 53.6 Å². The summed E-state index contributed by atoms with van der Waals surface area (Å²) in [5, 5.41) is 3.09. The third-order valence-corrected chi connectivity index (χ3v) is 5.58. The lowest BCUT2D eigenvalue weighted by Gasteiger charge is -2.32. The van der Waals surface area contributed by atoms with E-state index in [4.69, 9.17) is 0 Å². The molecule has 1 aliphatic heterocycles. The van der Waals surface area contributed by atoms with E-state index >= 15 is 0 Å². The standard InChI is InChI=1S/C20H21F3N4O/c21-13-10-25-20(26-11-13)24-9-12-4-6-27(7-5-12)19(28)16-8-15(16)14-2-1-3-17(22)18(14)23/h1-3,10-12,15-16H,4-9H2,(H,24,25,26). The molecule has 0 bridgehead atoms. The number of hydrogen-bond donors (Lipinski definition) is 1. The Bertz CT molecular complexity index is 853. The average molecular weight is 390 g/mol. The van der Waals surface area contributed by atoms with Gasteiger partial charge in [0.1, 0.15) is 0 Å². The molecule has 2 aliphatic rings. The van der Waals surface area contributed by atoms with Gasteiger partial charge >= 0.3 is 0 Å². The highest BCUT2D eigenvalue weighted by molar-refractivity contribution is 5.83. The largest absolute Gasteiger partial charge is 0.354 e. The minimum Gasteiger partial charge on any atom is -0.354 e. The van der Waals surface area contributed by atoms with Gasteiger partial charge in [0.05, 0.1) is 12.4 Å². The molecule has 2 heterocycles. The summed E-state index contributed by atoms with van der Waals surface area (Å²) in [5.74, 6) is -1.87. The number of benzene rings is 1. The first-order chi connectivity index (χ1) is 13.5. The SMILES string of the molecule is O=C(C1CC1c1cccc(F)c1F)N1CCC(CNc2ncc(F)cn2)CC1. The van der Waals surface area contributed by atoms with Crippen LogP contribution in [0.3, 0.4) is 0 Å². The number of aromatic nitrogens is 2. The monoisotopic (exact) mass is 390 g/mol. The Morgan fingerprint density at radius 2 is 1.86 bits per heavy atom. The summed E-state index contributed by atoms with van der Waals surface area (Å²) in [6, 6.07) is 4.14. The summed E-state index contributed by atoms with van der Waals surface area (Å²) >= 11 is 0. The quantitative estimate of drug-likeness (QED) is 0.851. The normalized spacial score (nSPS) is 22.2. The van der Waals surface area contributed by atoms with Crippen LogP contribution in [-0.4, -0.2) is 40.4 Å². The van der Waals surface area contributed by atoms with E-state index in [1.54, 1.807) is 6.07 Å². The molecule has 2 fully saturated rings. The van der Waals surface area contributed by atoms with Crippen molar-refractivity contribution in [3.8, 4) is 0 Å². The second-order valence-electron chi connectivity index (χ2n) is 7.47. The fraction of sp³-hybridized carbons (Fsp3) is 0.450. The van der Waals surface area contributed by atoms with Gasteiger partial charge < -0.3 is 10.2 Å². The summed E-state index contributed by atoms with van der Waals surface area (Å²) in [6.45, 7) is 1.95. The van der Waals surface area contributed by atoms with Crippen molar-refractivity contribution in [1.82, 2.24) is 14.9 Å². The zero-order valence-electron chi connectivity index (χ0n) is 15.2. The molecular formula is C20H21F3N4O. The van der Waals surface area contributed by atoms with E-state index in [1.807, 2.05) is 4.90 Å². The molecule has 1 saturated heterocycles. The number of nitrogens with one attached hydrogen (secondary N) is 1. The Morgan fingerprint density at radius 1 is 1.14 bits per heavy atom. The molecule has 1 aliphatic carbocycles. The highest BCUT2D eigenvalue weighted by atomic mass is 19.2. The third kappa shape index (κ3) is 3.95. The Kier molecular flexibility index (Phi) is 5.19. The fourth-order valence-corrected chi connectivity index (χ4v) is 3.85. The van der Waals surface area contributed by atoms with Crippen molar-refractivity contribution in [2.24, 2.45) is 11.8 Å². The summed E-state index contributed by atoms with van der Waals surface area (Å²) in [4.78, 5) is 22.3. The molecule has 0 spiro atoms. The Labute approximate surface area is 161 Å². The summed E-state index contributed by atoms with van der Waals surface area (Å²) in [5.41, 5.74) is 0.303. The van der Waals surface area contributed by atoms with Gasteiger partial charge in [-0.05, 0) is 42.7 Å². The molecule has 2 aromatic rings. The Morgan fingerprint density at radius 3 is 2.57 bits per heavy atom. The molecule has 2 unspecified atom stereocenters. The molecule has 4 rings (SSSR count). The van der Waals surface area contributed by atoms with Gasteiger partial charge in [0, 0.05) is 25.6 Å². The first kappa shape index (κ1) is 18.7. The Hall–Kier alpha value is -2.64. The third-order valence-electron chi connectivity index (χ3n) is 5.58. The number of halogens is 3. The van der Waals surface area contributed by atoms with Crippen LogP contribution < -0.4 is 5.32 Å². The van der Waals surface area contributed by atoms with Gasteiger partial charge in [-0.15, -0.1) is 0 Å². The van der Waals surface area contributed by atoms with Crippen molar-refractivity contribution in [2.75, 3.05) is 25.0 Å². The zero-order chi connectivity index (χ0) is 19.7. The molecule has 0 radical (unpaired) electrons. The van der Waals surface area contributed by atoms with Crippen LogP contribution >= 0.6 is 0 Å². The zero-order valence-corrected chi connectivity index (χ0v) is 15.2. The maximum Gasteiger partial charge on any atom is 0.226 e. The van der Waals surface area contributed by atoms with Crippen LogP contribution in [0.5, 0.6) is 0 Å². The van der Waals surface area contributed by atoms with E-state index in [0.717, 1.165) is 31.3 Å². The van der Waals surface area contributed by atoms with Crippen LogP contribution in [0.15, 0.2) is 30.6 Å². The lowest BCUT2D eigenvalue weighted by molar-refractivity contribution is -0.134. The molecule has 5 nitrogen and oxygen atoms in total. The highest BCUT2D eigenvalue weighted by Crippen LogP contribution is 2.49. The van der Waals surface area contributed by atoms with E-state index in [1.165, 1.54) is 6.07 Å². The van der Waals surface area contributed by atoms with Crippen molar-refractivity contribution in [2.45, 2.75) is 25.2 Å². The van der Waals surface area contributed by atoms with E-state index in [-0.39, 0.29) is 17.7 Å². The molecule has 1 amide bonds. The topological polar surface area (TPSA) is 58.1 Å². The molecule has 1 saturated carbocycles. The summed E-state index contributed by atoms with van der Waals surface area (Å²) < 4.78 is 40.2. The predicted molar refractivity (Wildman–Crippen MR) is 97.0 cm³/mol. The van der Waals surface area contributed by atoms with Crippen LogP contribution in [0.1, 0.15) is 30.7 Å².